The lowest BCUT2D eigenvalue weighted by Gasteiger charge is -2.36. The van der Waals surface area contributed by atoms with Gasteiger partial charge in [-0.25, -0.2) is 4.79 Å². The minimum Gasteiger partial charge on any atom is -0.480 e. The Labute approximate surface area is 122 Å². The maximum absolute atomic E-state index is 12.5. The molecular formula is C13H19N3O3S. The maximum Gasteiger partial charge on any atom is 0.326 e. The summed E-state index contributed by atoms with van der Waals surface area (Å²) in [6, 6.07) is -0.729. The van der Waals surface area contributed by atoms with Crippen molar-refractivity contribution in [2.45, 2.75) is 45.6 Å². The van der Waals surface area contributed by atoms with Crippen LogP contribution >= 0.6 is 11.5 Å². The summed E-state index contributed by atoms with van der Waals surface area (Å²) in [7, 11) is 0. The fraction of sp³-hybridized carbons (Fsp3) is 0.692. The molecule has 1 fully saturated rings. The van der Waals surface area contributed by atoms with Gasteiger partial charge in [0.25, 0.3) is 5.91 Å². The van der Waals surface area contributed by atoms with E-state index < -0.39 is 12.0 Å². The molecule has 0 aromatic carbocycles. The van der Waals surface area contributed by atoms with E-state index in [1.165, 1.54) is 4.90 Å². The number of carbonyl (C=O) groups is 2. The molecule has 0 aliphatic carbocycles. The highest BCUT2D eigenvalue weighted by atomic mass is 32.1. The fourth-order valence-electron chi connectivity index (χ4n) is 2.62. The molecule has 7 heteroatoms. The summed E-state index contributed by atoms with van der Waals surface area (Å²) in [5.41, 5.74) is 0.654. The monoisotopic (exact) mass is 297 g/mol. The zero-order chi connectivity index (χ0) is 14.7. The average molecular weight is 297 g/mol. The molecule has 0 bridgehead atoms. The molecule has 2 rings (SSSR count). The summed E-state index contributed by atoms with van der Waals surface area (Å²) in [6.07, 6.45) is 2.97. The first-order chi connectivity index (χ1) is 9.58. The molecule has 1 aliphatic rings. The molecule has 1 amide bonds. The summed E-state index contributed by atoms with van der Waals surface area (Å²) < 4.78 is 3.81. The number of carbonyl (C=O) groups excluding carboxylic acids is 1. The van der Waals surface area contributed by atoms with Gasteiger partial charge in [-0.05, 0) is 36.7 Å². The van der Waals surface area contributed by atoms with Crippen molar-refractivity contribution in [1.82, 2.24) is 14.5 Å². The Hall–Kier alpha value is -1.50. The van der Waals surface area contributed by atoms with Crippen LogP contribution in [0, 0.1) is 5.92 Å². The van der Waals surface area contributed by atoms with Gasteiger partial charge < -0.3 is 10.0 Å². The van der Waals surface area contributed by atoms with Crippen LogP contribution in [0.1, 0.15) is 48.5 Å². The van der Waals surface area contributed by atoms with E-state index in [-0.39, 0.29) is 5.91 Å². The van der Waals surface area contributed by atoms with Crippen molar-refractivity contribution in [3.63, 3.8) is 0 Å². The molecule has 0 radical (unpaired) electrons. The van der Waals surface area contributed by atoms with Crippen molar-refractivity contribution in [3.8, 4) is 0 Å². The van der Waals surface area contributed by atoms with E-state index in [1.54, 1.807) is 0 Å². The Morgan fingerprint density at radius 2 is 2.20 bits per heavy atom. The van der Waals surface area contributed by atoms with Gasteiger partial charge in [-0.15, -0.1) is 5.10 Å². The molecule has 110 valence electrons. The van der Waals surface area contributed by atoms with Crippen LogP contribution in [0.15, 0.2) is 0 Å². The van der Waals surface area contributed by atoms with Crippen molar-refractivity contribution in [1.29, 1.82) is 0 Å². The Morgan fingerprint density at radius 3 is 2.80 bits per heavy atom. The van der Waals surface area contributed by atoms with E-state index in [0.717, 1.165) is 24.4 Å². The maximum atomic E-state index is 12.5. The molecule has 6 nitrogen and oxygen atoms in total. The molecular weight excluding hydrogens is 278 g/mol. The second-order valence-electron chi connectivity index (χ2n) is 5.05. The predicted octanol–water partition coefficient (Wildman–Crippen LogP) is 1.82. The number of rotatable bonds is 4. The number of hydrogen-bond donors (Lipinski definition) is 1. The minimum absolute atomic E-state index is 0.237. The number of carboxylic acid groups (broad SMARTS) is 1. The van der Waals surface area contributed by atoms with Gasteiger partial charge in [0.05, 0.1) is 5.69 Å². The summed E-state index contributed by atoms with van der Waals surface area (Å²) in [4.78, 5) is 25.9. The standard InChI is InChI=1S/C13H19N3O3S/c1-3-8-5-6-16(10(7-8)13(18)19)12(17)11-9(4-2)14-15-20-11/h8,10H,3-7H2,1-2H3,(H,18,19). The number of likely N-dealkylation sites (tertiary alicyclic amines) is 1. The molecule has 2 atom stereocenters. The van der Waals surface area contributed by atoms with Crippen LogP contribution in [-0.4, -0.2) is 44.1 Å². The molecule has 1 aromatic heterocycles. The van der Waals surface area contributed by atoms with Crippen LogP contribution in [0.2, 0.25) is 0 Å². The smallest absolute Gasteiger partial charge is 0.326 e. The van der Waals surface area contributed by atoms with Crippen LogP contribution in [0.25, 0.3) is 0 Å². The van der Waals surface area contributed by atoms with Crippen LogP contribution in [0.3, 0.4) is 0 Å². The number of piperidine rings is 1. The Bertz CT molecular complexity index is 503. The van der Waals surface area contributed by atoms with Crippen molar-refractivity contribution < 1.29 is 14.7 Å². The first-order valence-electron chi connectivity index (χ1n) is 6.93. The van der Waals surface area contributed by atoms with Crippen molar-refractivity contribution in [3.05, 3.63) is 10.6 Å². The lowest BCUT2D eigenvalue weighted by molar-refractivity contribution is -0.144. The molecule has 1 N–H and O–H groups in total. The van der Waals surface area contributed by atoms with Gasteiger partial charge in [-0.3, -0.25) is 4.79 Å². The predicted molar refractivity (Wildman–Crippen MR) is 74.8 cm³/mol. The van der Waals surface area contributed by atoms with Gasteiger partial charge in [0.2, 0.25) is 0 Å². The highest BCUT2D eigenvalue weighted by molar-refractivity contribution is 7.08. The van der Waals surface area contributed by atoms with Gasteiger partial charge in [-0.1, -0.05) is 24.8 Å². The highest BCUT2D eigenvalue weighted by Crippen LogP contribution is 2.28. The van der Waals surface area contributed by atoms with E-state index in [1.807, 2.05) is 6.92 Å². The summed E-state index contributed by atoms with van der Waals surface area (Å²) in [5.74, 6) is -0.781. The van der Waals surface area contributed by atoms with Gasteiger partial charge in [0, 0.05) is 6.54 Å². The minimum atomic E-state index is -0.924. The third-order valence-corrected chi connectivity index (χ3v) is 4.68. The second-order valence-corrected chi connectivity index (χ2v) is 5.81. The third kappa shape index (κ3) is 2.82. The Morgan fingerprint density at radius 1 is 1.45 bits per heavy atom. The Balaban J connectivity index is 2.21. The van der Waals surface area contributed by atoms with E-state index in [2.05, 4.69) is 16.5 Å². The summed E-state index contributed by atoms with van der Waals surface area (Å²) >= 11 is 1.05. The molecule has 0 spiro atoms. The van der Waals surface area contributed by atoms with E-state index in [4.69, 9.17) is 0 Å². The highest BCUT2D eigenvalue weighted by Gasteiger charge is 2.37. The number of aliphatic carboxylic acids is 1. The third-order valence-electron chi connectivity index (χ3n) is 3.92. The van der Waals surface area contributed by atoms with Crippen LogP contribution in [-0.2, 0) is 11.2 Å². The van der Waals surface area contributed by atoms with Crippen molar-refractivity contribution in [2.75, 3.05) is 6.54 Å². The Kier molecular flexibility index (Phi) is 4.69. The first kappa shape index (κ1) is 14.9. The molecule has 2 heterocycles. The molecule has 0 saturated carbocycles. The summed E-state index contributed by atoms with van der Waals surface area (Å²) in [5, 5.41) is 13.3. The lowest BCUT2D eigenvalue weighted by atomic mass is 9.88. The molecule has 1 aliphatic heterocycles. The van der Waals surface area contributed by atoms with Gasteiger partial charge in [0.1, 0.15) is 10.9 Å². The van der Waals surface area contributed by atoms with E-state index in [9.17, 15) is 14.7 Å². The van der Waals surface area contributed by atoms with Crippen molar-refractivity contribution in [2.24, 2.45) is 5.92 Å². The van der Waals surface area contributed by atoms with Crippen LogP contribution in [0.4, 0.5) is 0 Å². The fourth-order valence-corrected chi connectivity index (χ4v) is 3.33. The van der Waals surface area contributed by atoms with Gasteiger partial charge in [-0.2, -0.15) is 0 Å². The van der Waals surface area contributed by atoms with Gasteiger partial charge in [0.15, 0.2) is 0 Å². The topological polar surface area (TPSA) is 83.4 Å². The normalized spacial score (nSPS) is 22.8. The largest absolute Gasteiger partial charge is 0.480 e. The SMILES string of the molecule is CCc1nnsc1C(=O)N1CCC(CC)CC1C(=O)O. The number of hydrogen-bond acceptors (Lipinski definition) is 5. The van der Waals surface area contributed by atoms with Crippen LogP contribution < -0.4 is 0 Å². The number of aromatic nitrogens is 2. The summed E-state index contributed by atoms with van der Waals surface area (Å²) in [6.45, 7) is 4.46. The quantitative estimate of drug-likeness (QED) is 0.916. The number of carboxylic acids is 1. The van der Waals surface area contributed by atoms with E-state index in [0.29, 0.717) is 35.9 Å². The lowest BCUT2D eigenvalue weighted by Crippen LogP contribution is -2.50. The molecule has 20 heavy (non-hydrogen) atoms. The number of nitrogens with zero attached hydrogens (tertiary/aromatic N) is 3. The van der Waals surface area contributed by atoms with Gasteiger partial charge >= 0.3 is 5.97 Å². The van der Waals surface area contributed by atoms with Crippen LogP contribution in [0.5, 0.6) is 0 Å². The van der Waals surface area contributed by atoms with Crippen molar-refractivity contribution >= 4 is 23.4 Å². The number of aryl methyl sites for hydroxylation is 1. The average Bonchev–Trinajstić information content (AvgIpc) is 2.94. The zero-order valence-corrected chi connectivity index (χ0v) is 12.5. The molecule has 1 aromatic rings. The molecule has 1 saturated heterocycles. The zero-order valence-electron chi connectivity index (χ0n) is 11.7. The second kappa shape index (κ2) is 6.30. The molecule has 2 unspecified atom stereocenters. The first-order valence-corrected chi connectivity index (χ1v) is 7.70. The van der Waals surface area contributed by atoms with E-state index >= 15 is 0 Å². The number of amides is 1.